The van der Waals surface area contributed by atoms with Gasteiger partial charge in [0.1, 0.15) is 5.75 Å². The Morgan fingerprint density at radius 1 is 1.28 bits per heavy atom. The maximum Gasteiger partial charge on any atom is 0.307 e. The van der Waals surface area contributed by atoms with Gasteiger partial charge in [-0.2, -0.15) is 0 Å². The van der Waals surface area contributed by atoms with Gasteiger partial charge in [0.2, 0.25) is 0 Å². The van der Waals surface area contributed by atoms with E-state index < -0.39 is 0 Å². The van der Waals surface area contributed by atoms with E-state index >= 15 is 0 Å². The van der Waals surface area contributed by atoms with E-state index in [9.17, 15) is 9.59 Å². The molecular formula is C13H17NO4. The molecule has 0 radical (unpaired) electrons. The molecule has 0 aliphatic rings. The molecule has 1 atom stereocenters. The molecule has 0 bridgehead atoms. The van der Waals surface area contributed by atoms with Crippen molar-refractivity contribution in [2.75, 3.05) is 14.2 Å². The quantitative estimate of drug-likeness (QED) is 0.803. The Bertz CT molecular complexity index is 431. The molecule has 1 unspecified atom stereocenters. The summed E-state index contributed by atoms with van der Waals surface area (Å²) in [5.74, 6) is -0.132. The molecule has 0 fully saturated rings. The van der Waals surface area contributed by atoms with Crippen molar-refractivity contribution in [3.63, 3.8) is 0 Å². The molecule has 18 heavy (non-hydrogen) atoms. The molecule has 1 rings (SSSR count). The smallest absolute Gasteiger partial charge is 0.307 e. The first-order valence-corrected chi connectivity index (χ1v) is 5.59. The maximum atomic E-state index is 12.0. The van der Waals surface area contributed by atoms with Crippen molar-refractivity contribution in [3.8, 4) is 5.75 Å². The number of methoxy groups -OCH3 is 2. The third kappa shape index (κ3) is 3.76. The fourth-order valence-corrected chi connectivity index (χ4v) is 1.52. The van der Waals surface area contributed by atoms with Crippen molar-refractivity contribution >= 4 is 11.9 Å². The SMILES string of the molecule is COC(=O)CC(C)NC(=O)c1ccccc1OC. The van der Waals surface area contributed by atoms with E-state index in [1.165, 1.54) is 14.2 Å². The van der Waals surface area contributed by atoms with Crippen LogP contribution < -0.4 is 10.1 Å². The summed E-state index contributed by atoms with van der Waals surface area (Å²) >= 11 is 0. The van der Waals surface area contributed by atoms with Gasteiger partial charge >= 0.3 is 5.97 Å². The molecule has 1 aromatic rings. The monoisotopic (exact) mass is 251 g/mol. The summed E-state index contributed by atoms with van der Waals surface area (Å²) in [7, 11) is 2.82. The molecule has 1 aromatic carbocycles. The average molecular weight is 251 g/mol. The van der Waals surface area contributed by atoms with Crippen molar-refractivity contribution in [2.45, 2.75) is 19.4 Å². The molecule has 0 aliphatic carbocycles. The highest BCUT2D eigenvalue weighted by molar-refractivity contribution is 5.97. The van der Waals surface area contributed by atoms with Gasteiger partial charge in [0.15, 0.2) is 0 Å². The summed E-state index contributed by atoms with van der Waals surface area (Å²) in [6.45, 7) is 1.74. The minimum Gasteiger partial charge on any atom is -0.496 e. The summed E-state index contributed by atoms with van der Waals surface area (Å²) in [5.41, 5.74) is 0.441. The fraction of sp³-hybridized carbons (Fsp3) is 0.385. The third-order valence-corrected chi connectivity index (χ3v) is 2.43. The molecule has 98 valence electrons. The summed E-state index contributed by atoms with van der Waals surface area (Å²) in [6.07, 6.45) is 0.136. The highest BCUT2D eigenvalue weighted by atomic mass is 16.5. The Balaban J connectivity index is 2.67. The third-order valence-electron chi connectivity index (χ3n) is 2.43. The summed E-state index contributed by atoms with van der Waals surface area (Å²) in [5, 5.41) is 2.72. The lowest BCUT2D eigenvalue weighted by atomic mass is 10.1. The first kappa shape index (κ1) is 14.0. The van der Waals surface area contributed by atoms with Crippen LogP contribution in [-0.2, 0) is 9.53 Å². The number of amides is 1. The number of benzene rings is 1. The lowest BCUT2D eigenvalue weighted by Crippen LogP contribution is -2.34. The van der Waals surface area contributed by atoms with Crippen LogP contribution in [0.2, 0.25) is 0 Å². The van der Waals surface area contributed by atoms with Gasteiger partial charge in [-0.1, -0.05) is 12.1 Å². The number of esters is 1. The van der Waals surface area contributed by atoms with E-state index in [1.54, 1.807) is 31.2 Å². The van der Waals surface area contributed by atoms with Crippen LogP contribution in [0.3, 0.4) is 0 Å². The first-order chi connectivity index (χ1) is 8.58. The first-order valence-electron chi connectivity index (χ1n) is 5.59. The van der Waals surface area contributed by atoms with Gasteiger partial charge in [-0.3, -0.25) is 9.59 Å². The number of carbonyl (C=O) groups is 2. The molecule has 1 amide bonds. The molecule has 5 nitrogen and oxygen atoms in total. The van der Waals surface area contributed by atoms with E-state index in [0.717, 1.165) is 0 Å². The molecular weight excluding hydrogens is 234 g/mol. The van der Waals surface area contributed by atoms with E-state index in [0.29, 0.717) is 11.3 Å². The Morgan fingerprint density at radius 2 is 1.94 bits per heavy atom. The van der Waals surface area contributed by atoms with E-state index in [4.69, 9.17) is 4.74 Å². The minimum atomic E-state index is -0.358. The van der Waals surface area contributed by atoms with Gasteiger partial charge in [-0.15, -0.1) is 0 Å². The van der Waals surface area contributed by atoms with Crippen LogP contribution in [0, 0.1) is 0 Å². The number of rotatable bonds is 5. The zero-order chi connectivity index (χ0) is 13.5. The van der Waals surface area contributed by atoms with Crippen LogP contribution in [0.5, 0.6) is 5.75 Å². The molecule has 0 saturated carbocycles. The predicted molar refractivity (Wildman–Crippen MR) is 66.6 cm³/mol. The standard InChI is InChI=1S/C13H17NO4/c1-9(8-12(15)18-3)14-13(16)10-6-4-5-7-11(10)17-2/h4-7,9H,8H2,1-3H3,(H,14,16). The lowest BCUT2D eigenvalue weighted by molar-refractivity contribution is -0.141. The van der Waals surface area contributed by atoms with Crippen LogP contribution in [0.4, 0.5) is 0 Å². The Morgan fingerprint density at radius 3 is 2.56 bits per heavy atom. The van der Waals surface area contributed by atoms with Crippen molar-refractivity contribution < 1.29 is 19.1 Å². The zero-order valence-corrected chi connectivity index (χ0v) is 10.7. The number of hydrogen-bond donors (Lipinski definition) is 1. The molecule has 0 saturated heterocycles. The van der Waals surface area contributed by atoms with Gasteiger partial charge < -0.3 is 14.8 Å². The molecule has 0 aliphatic heterocycles. The summed E-state index contributed by atoms with van der Waals surface area (Å²) in [4.78, 5) is 23.0. The Hall–Kier alpha value is -2.04. The van der Waals surface area contributed by atoms with E-state index in [1.807, 2.05) is 0 Å². The molecule has 0 spiro atoms. The Labute approximate surface area is 106 Å². The molecule has 0 heterocycles. The molecule has 1 N–H and O–H groups in total. The number of carbonyl (C=O) groups excluding carboxylic acids is 2. The van der Waals surface area contributed by atoms with Crippen molar-refractivity contribution in [3.05, 3.63) is 29.8 Å². The second-order valence-electron chi connectivity index (χ2n) is 3.86. The van der Waals surface area contributed by atoms with Crippen LogP contribution in [-0.4, -0.2) is 32.1 Å². The largest absolute Gasteiger partial charge is 0.496 e. The molecule has 5 heteroatoms. The highest BCUT2D eigenvalue weighted by Crippen LogP contribution is 2.17. The normalized spacial score (nSPS) is 11.5. The topological polar surface area (TPSA) is 64.6 Å². The maximum absolute atomic E-state index is 12.0. The summed E-state index contributed by atoms with van der Waals surface area (Å²) in [6, 6.07) is 6.62. The van der Waals surface area contributed by atoms with Crippen LogP contribution in [0.25, 0.3) is 0 Å². The van der Waals surface area contributed by atoms with Crippen LogP contribution >= 0.6 is 0 Å². The lowest BCUT2D eigenvalue weighted by Gasteiger charge is -2.14. The van der Waals surface area contributed by atoms with Gasteiger partial charge in [-0.25, -0.2) is 0 Å². The van der Waals surface area contributed by atoms with Crippen LogP contribution in [0.1, 0.15) is 23.7 Å². The number of nitrogens with one attached hydrogen (secondary N) is 1. The highest BCUT2D eigenvalue weighted by Gasteiger charge is 2.16. The zero-order valence-electron chi connectivity index (χ0n) is 10.7. The number of para-hydroxylation sites is 1. The van der Waals surface area contributed by atoms with E-state index in [2.05, 4.69) is 10.1 Å². The van der Waals surface area contributed by atoms with Gasteiger partial charge in [0, 0.05) is 6.04 Å². The fourth-order valence-electron chi connectivity index (χ4n) is 1.52. The van der Waals surface area contributed by atoms with E-state index in [-0.39, 0.29) is 24.3 Å². The van der Waals surface area contributed by atoms with Crippen molar-refractivity contribution in [2.24, 2.45) is 0 Å². The Kier molecular flexibility index (Phi) is 5.17. The summed E-state index contributed by atoms with van der Waals surface area (Å²) < 4.78 is 9.64. The molecule has 0 aromatic heterocycles. The van der Waals surface area contributed by atoms with Gasteiger partial charge in [0.05, 0.1) is 26.2 Å². The van der Waals surface area contributed by atoms with Gasteiger partial charge in [0.25, 0.3) is 5.91 Å². The second-order valence-corrected chi connectivity index (χ2v) is 3.86. The number of hydrogen-bond acceptors (Lipinski definition) is 4. The number of ether oxygens (including phenoxy) is 2. The van der Waals surface area contributed by atoms with Crippen LogP contribution in [0.15, 0.2) is 24.3 Å². The average Bonchev–Trinajstić information content (AvgIpc) is 2.38. The predicted octanol–water partition coefficient (Wildman–Crippen LogP) is 1.38. The van der Waals surface area contributed by atoms with Gasteiger partial charge in [-0.05, 0) is 19.1 Å². The van der Waals surface area contributed by atoms with Crippen molar-refractivity contribution in [1.29, 1.82) is 0 Å². The minimum absolute atomic E-state index is 0.136. The second kappa shape index (κ2) is 6.64. The van der Waals surface area contributed by atoms with Crippen molar-refractivity contribution in [1.82, 2.24) is 5.32 Å².